The Morgan fingerprint density at radius 1 is 0.946 bits per heavy atom. The predicted octanol–water partition coefficient (Wildman–Crippen LogP) is 7.95. The van der Waals surface area contributed by atoms with Gasteiger partial charge < -0.3 is 9.47 Å². The fraction of sp³-hybridized carbons (Fsp3) is 0.222. The van der Waals surface area contributed by atoms with Gasteiger partial charge in [-0.05, 0) is 54.2 Å². The monoisotopic (exact) mass is 523 g/mol. The lowest BCUT2D eigenvalue weighted by Gasteiger charge is -2.17. The molecular formula is C27H20F7NO2. The van der Waals surface area contributed by atoms with E-state index < -0.39 is 47.2 Å². The molecule has 1 heterocycles. The SMILES string of the molecule is C=C(OC)c1cc(C2=C(c3cc(C(F)(F)F)cnc3OCc3c(F)cc(F)cc3F)CCC2)ccc1F. The number of nitrogens with zero attached hydrogens (tertiary/aromatic N) is 1. The largest absolute Gasteiger partial charge is 0.497 e. The summed E-state index contributed by atoms with van der Waals surface area (Å²) in [5, 5.41) is 0. The molecule has 37 heavy (non-hydrogen) atoms. The molecule has 0 aliphatic heterocycles. The fourth-order valence-corrected chi connectivity index (χ4v) is 4.19. The minimum absolute atomic E-state index is 0.0123. The number of methoxy groups -OCH3 is 1. The number of allylic oxidation sites excluding steroid dienone is 2. The second kappa shape index (κ2) is 10.3. The smallest absolute Gasteiger partial charge is 0.417 e. The zero-order chi connectivity index (χ0) is 26.9. The molecule has 1 aromatic heterocycles. The van der Waals surface area contributed by atoms with Gasteiger partial charge in [0, 0.05) is 23.9 Å². The fourth-order valence-electron chi connectivity index (χ4n) is 4.19. The number of benzene rings is 2. The van der Waals surface area contributed by atoms with E-state index in [2.05, 4.69) is 11.6 Å². The van der Waals surface area contributed by atoms with Gasteiger partial charge in [-0.3, -0.25) is 0 Å². The zero-order valence-electron chi connectivity index (χ0n) is 19.5. The van der Waals surface area contributed by atoms with Crippen LogP contribution < -0.4 is 4.74 Å². The van der Waals surface area contributed by atoms with E-state index in [0.717, 1.165) is 6.07 Å². The highest BCUT2D eigenvalue weighted by atomic mass is 19.4. The number of alkyl halides is 3. The predicted molar refractivity (Wildman–Crippen MR) is 123 cm³/mol. The molecule has 0 bridgehead atoms. The molecular weight excluding hydrogens is 503 g/mol. The first kappa shape index (κ1) is 26.2. The summed E-state index contributed by atoms with van der Waals surface area (Å²) < 4.78 is 107. The molecule has 1 aliphatic carbocycles. The first-order valence-corrected chi connectivity index (χ1v) is 11.1. The zero-order valence-corrected chi connectivity index (χ0v) is 19.5. The third kappa shape index (κ3) is 5.47. The summed E-state index contributed by atoms with van der Waals surface area (Å²) in [6, 6.07) is 6.00. The molecule has 0 N–H and O–H groups in total. The topological polar surface area (TPSA) is 31.4 Å². The Morgan fingerprint density at radius 3 is 2.27 bits per heavy atom. The molecule has 0 saturated carbocycles. The molecule has 0 amide bonds. The van der Waals surface area contributed by atoms with Crippen LogP contribution in [0, 0.1) is 23.3 Å². The maximum atomic E-state index is 14.3. The van der Waals surface area contributed by atoms with Crippen LogP contribution in [0.25, 0.3) is 16.9 Å². The van der Waals surface area contributed by atoms with Gasteiger partial charge in [-0.1, -0.05) is 12.6 Å². The Bertz CT molecular complexity index is 1370. The number of hydrogen-bond donors (Lipinski definition) is 0. The van der Waals surface area contributed by atoms with Crippen LogP contribution in [0.5, 0.6) is 5.88 Å². The molecule has 3 nitrogen and oxygen atoms in total. The Kier molecular flexibility index (Phi) is 7.29. The van der Waals surface area contributed by atoms with Crippen LogP contribution in [0.3, 0.4) is 0 Å². The number of ether oxygens (including phenoxy) is 2. The molecule has 0 spiro atoms. The van der Waals surface area contributed by atoms with Crippen LogP contribution >= 0.6 is 0 Å². The maximum absolute atomic E-state index is 14.3. The lowest BCUT2D eigenvalue weighted by Crippen LogP contribution is -2.10. The van der Waals surface area contributed by atoms with Crippen LogP contribution in [0.1, 0.15) is 47.1 Å². The highest BCUT2D eigenvalue weighted by Crippen LogP contribution is 2.44. The van der Waals surface area contributed by atoms with Gasteiger partial charge in [-0.25, -0.2) is 22.5 Å². The first-order chi connectivity index (χ1) is 17.5. The summed E-state index contributed by atoms with van der Waals surface area (Å²) in [6.45, 7) is 2.92. The van der Waals surface area contributed by atoms with E-state index >= 15 is 0 Å². The van der Waals surface area contributed by atoms with Crippen molar-refractivity contribution in [3.63, 3.8) is 0 Å². The summed E-state index contributed by atoms with van der Waals surface area (Å²) in [7, 11) is 1.33. The van der Waals surface area contributed by atoms with E-state index in [1.807, 2.05) is 0 Å². The molecule has 2 aromatic carbocycles. The minimum Gasteiger partial charge on any atom is -0.497 e. The van der Waals surface area contributed by atoms with Gasteiger partial charge in [0.15, 0.2) is 0 Å². The second-order valence-corrected chi connectivity index (χ2v) is 8.34. The molecule has 1 aliphatic rings. The number of aromatic nitrogens is 1. The highest BCUT2D eigenvalue weighted by molar-refractivity contribution is 5.94. The molecule has 194 valence electrons. The van der Waals surface area contributed by atoms with Crippen molar-refractivity contribution in [2.45, 2.75) is 32.0 Å². The summed E-state index contributed by atoms with van der Waals surface area (Å²) in [5.41, 5.74) is 0.0863. The minimum atomic E-state index is -4.71. The second-order valence-electron chi connectivity index (χ2n) is 8.34. The van der Waals surface area contributed by atoms with Gasteiger partial charge in [0.1, 0.15) is 35.6 Å². The number of rotatable bonds is 7. The third-order valence-corrected chi connectivity index (χ3v) is 6.04. The third-order valence-electron chi connectivity index (χ3n) is 6.04. The van der Waals surface area contributed by atoms with Crippen LogP contribution in [0.2, 0.25) is 0 Å². The normalized spacial score (nSPS) is 13.7. The Balaban J connectivity index is 1.81. The average molecular weight is 523 g/mol. The Morgan fingerprint density at radius 2 is 1.62 bits per heavy atom. The van der Waals surface area contributed by atoms with Gasteiger partial charge in [-0.2, -0.15) is 13.2 Å². The van der Waals surface area contributed by atoms with Crippen molar-refractivity contribution in [3.05, 3.63) is 100 Å². The van der Waals surface area contributed by atoms with Crippen LogP contribution in [-0.2, 0) is 17.5 Å². The maximum Gasteiger partial charge on any atom is 0.417 e. The summed E-state index contributed by atoms with van der Waals surface area (Å²) in [6.07, 6.45) is -2.75. The lowest BCUT2D eigenvalue weighted by molar-refractivity contribution is -0.137. The molecule has 0 atom stereocenters. The highest BCUT2D eigenvalue weighted by Gasteiger charge is 2.33. The molecule has 0 radical (unpaired) electrons. The molecule has 0 unspecified atom stereocenters. The van der Waals surface area contributed by atoms with Crippen molar-refractivity contribution in [1.29, 1.82) is 0 Å². The number of halogens is 7. The number of hydrogen-bond acceptors (Lipinski definition) is 3. The molecule has 0 fully saturated rings. The van der Waals surface area contributed by atoms with E-state index in [0.29, 0.717) is 54.3 Å². The van der Waals surface area contributed by atoms with Crippen LogP contribution in [0.15, 0.2) is 49.2 Å². The van der Waals surface area contributed by atoms with E-state index in [1.165, 1.54) is 25.3 Å². The lowest BCUT2D eigenvalue weighted by atomic mass is 9.95. The van der Waals surface area contributed by atoms with Gasteiger partial charge in [-0.15, -0.1) is 0 Å². The summed E-state index contributed by atoms with van der Waals surface area (Å²) >= 11 is 0. The van der Waals surface area contributed by atoms with Gasteiger partial charge >= 0.3 is 6.18 Å². The van der Waals surface area contributed by atoms with Crippen molar-refractivity contribution in [3.8, 4) is 5.88 Å². The van der Waals surface area contributed by atoms with Gasteiger partial charge in [0.2, 0.25) is 5.88 Å². The van der Waals surface area contributed by atoms with Crippen LogP contribution in [0.4, 0.5) is 30.7 Å². The summed E-state index contributed by atoms with van der Waals surface area (Å²) in [5.74, 6) is -4.32. The van der Waals surface area contributed by atoms with Crippen LogP contribution in [-0.4, -0.2) is 12.1 Å². The molecule has 0 saturated heterocycles. The quantitative estimate of drug-likeness (QED) is 0.233. The van der Waals surface area contributed by atoms with E-state index in [9.17, 15) is 30.7 Å². The molecule has 10 heteroatoms. The van der Waals surface area contributed by atoms with E-state index in [-0.39, 0.29) is 22.8 Å². The molecule has 3 aromatic rings. The van der Waals surface area contributed by atoms with Crippen molar-refractivity contribution in [2.24, 2.45) is 0 Å². The first-order valence-electron chi connectivity index (χ1n) is 11.1. The Labute approximate surface area is 207 Å². The van der Waals surface area contributed by atoms with Crippen molar-refractivity contribution in [1.82, 2.24) is 4.98 Å². The van der Waals surface area contributed by atoms with Crippen molar-refractivity contribution in [2.75, 3.05) is 7.11 Å². The van der Waals surface area contributed by atoms with Crippen molar-refractivity contribution < 1.29 is 40.2 Å². The van der Waals surface area contributed by atoms with Crippen molar-refractivity contribution >= 4 is 16.9 Å². The van der Waals surface area contributed by atoms with E-state index in [1.54, 1.807) is 0 Å². The van der Waals surface area contributed by atoms with E-state index in [4.69, 9.17) is 9.47 Å². The number of pyridine rings is 1. The molecule has 4 rings (SSSR count). The standard InChI is InChI=1S/C27H20F7NO2/c1-14(36-2)20-8-15(6-7-23(20)29)18-4-3-5-19(18)21-9-16(27(32,33)34)12-35-26(21)37-13-22-24(30)10-17(28)11-25(22)31/h6-12H,1,3-5,13H2,2H3. The van der Waals surface area contributed by atoms with Gasteiger partial charge in [0.05, 0.1) is 23.8 Å². The van der Waals surface area contributed by atoms with Gasteiger partial charge in [0.25, 0.3) is 0 Å². The average Bonchev–Trinajstić information content (AvgIpc) is 3.32. The summed E-state index contributed by atoms with van der Waals surface area (Å²) in [4.78, 5) is 3.79. The Hall–Kier alpha value is -3.82.